The first-order chi connectivity index (χ1) is 16.0. The molecule has 33 heavy (non-hydrogen) atoms. The quantitative estimate of drug-likeness (QED) is 0.420. The van der Waals surface area contributed by atoms with E-state index in [2.05, 4.69) is 30.4 Å². The highest BCUT2D eigenvalue weighted by Crippen LogP contribution is 2.34. The van der Waals surface area contributed by atoms with Gasteiger partial charge in [-0.1, -0.05) is 6.07 Å². The molecule has 0 aromatic carbocycles. The van der Waals surface area contributed by atoms with Gasteiger partial charge in [0.1, 0.15) is 6.04 Å². The Labute approximate surface area is 185 Å². The SMILES string of the molecule is Cc1c(-c2nnc(C(=O)N3CCc4[nH]cnc4C3c3cc4cccc(F)n4n3)o2)cnn1C. The molecule has 0 saturated carbocycles. The number of imidazole rings is 1. The lowest BCUT2D eigenvalue weighted by Crippen LogP contribution is -2.41. The van der Waals surface area contributed by atoms with E-state index in [-0.39, 0.29) is 11.8 Å². The van der Waals surface area contributed by atoms with Gasteiger partial charge < -0.3 is 14.3 Å². The van der Waals surface area contributed by atoms with Gasteiger partial charge in [0, 0.05) is 31.4 Å². The average molecular weight is 447 g/mol. The molecule has 5 aromatic rings. The number of H-pyrrole nitrogens is 1. The van der Waals surface area contributed by atoms with Gasteiger partial charge in [-0.05, 0) is 25.1 Å². The van der Waals surface area contributed by atoms with Gasteiger partial charge in [-0.15, -0.1) is 10.2 Å². The standard InChI is InChI=1S/C21H18FN9O2/c1-11-13(9-25-29(11)2)19-26-27-20(33-19)21(32)30-7-6-14-17(24-10-23-14)18(30)15-8-12-4-3-5-16(22)31(12)28-15/h3-5,8-10,18H,6-7H2,1-2H3,(H,23,24). The van der Waals surface area contributed by atoms with E-state index in [0.717, 1.165) is 11.4 Å². The van der Waals surface area contributed by atoms with Gasteiger partial charge in [0.05, 0.1) is 35.0 Å². The van der Waals surface area contributed by atoms with Crippen LogP contribution in [-0.2, 0) is 13.5 Å². The summed E-state index contributed by atoms with van der Waals surface area (Å²) in [5.41, 5.74) is 4.11. The van der Waals surface area contributed by atoms with Crippen molar-refractivity contribution in [3.63, 3.8) is 0 Å². The molecule has 1 amide bonds. The number of halogens is 1. The summed E-state index contributed by atoms with van der Waals surface area (Å²) in [7, 11) is 1.80. The molecule has 6 rings (SSSR count). The average Bonchev–Trinajstić information content (AvgIpc) is 3.60. The Bertz CT molecular complexity index is 1510. The van der Waals surface area contributed by atoms with Crippen LogP contribution in [0.3, 0.4) is 0 Å². The zero-order valence-electron chi connectivity index (χ0n) is 17.7. The second-order valence-corrected chi connectivity index (χ2v) is 7.85. The largest absolute Gasteiger partial charge is 0.412 e. The summed E-state index contributed by atoms with van der Waals surface area (Å²) < 4.78 is 22.9. The maximum Gasteiger partial charge on any atom is 0.312 e. The van der Waals surface area contributed by atoms with Crippen LogP contribution in [0.25, 0.3) is 17.0 Å². The summed E-state index contributed by atoms with van der Waals surface area (Å²) in [5, 5.41) is 16.6. The van der Waals surface area contributed by atoms with Crippen LogP contribution < -0.4 is 0 Å². The predicted octanol–water partition coefficient (Wildman–Crippen LogP) is 2.08. The number of hydrogen-bond donors (Lipinski definition) is 1. The van der Waals surface area contributed by atoms with E-state index >= 15 is 0 Å². The fourth-order valence-electron chi connectivity index (χ4n) is 4.18. The Morgan fingerprint density at radius 1 is 1.30 bits per heavy atom. The minimum Gasteiger partial charge on any atom is -0.412 e. The molecule has 1 atom stereocenters. The van der Waals surface area contributed by atoms with Crippen LogP contribution in [0.4, 0.5) is 4.39 Å². The van der Waals surface area contributed by atoms with Gasteiger partial charge in [0.2, 0.25) is 5.95 Å². The molecule has 0 aliphatic carbocycles. The van der Waals surface area contributed by atoms with Crippen molar-refractivity contribution in [2.75, 3.05) is 6.54 Å². The normalized spacial score (nSPS) is 15.8. The highest BCUT2D eigenvalue weighted by molar-refractivity contribution is 5.90. The van der Waals surface area contributed by atoms with Crippen molar-refractivity contribution in [3.8, 4) is 11.5 Å². The number of nitrogens with one attached hydrogen (secondary N) is 1. The molecule has 1 unspecified atom stereocenters. The topological polar surface area (TPSA) is 123 Å². The number of carbonyl (C=O) groups excluding carboxylic acids is 1. The summed E-state index contributed by atoms with van der Waals surface area (Å²) >= 11 is 0. The number of amides is 1. The number of rotatable bonds is 3. The van der Waals surface area contributed by atoms with Crippen LogP contribution in [-0.4, -0.2) is 56.9 Å². The van der Waals surface area contributed by atoms with Crippen molar-refractivity contribution in [2.45, 2.75) is 19.4 Å². The van der Waals surface area contributed by atoms with E-state index in [1.807, 2.05) is 6.92 Å². The highest BCUT2D eigenvalue weighted by Gasteiger charge is 2.38. The Hall–Kier alpha value is -4.35. The van der Waals surface area contributed by atoms with Crippen molar-refractivity contribution >= 4 is 11.4 Å². The molecule has 0 spiro atoms. The molecule has 166 valence electrons. The second kappa shape index (κ2) is 7.08. The minimum absolute atomic E-state index is 0.146. The number of pyridine rings is 1. The Morgan fingerprint density at radius 2 is 2.18 bits per heavy atom. The molecule has 1 N–H and O–H groups in total. The number of aromatic amines is 1. The molecule has 11 nitrogen and oxygen atoms in total. The first-order valence-electron chi connectivity index (χ1n) is 10.3. The van der Waals surface area contributed by atoms with Crippen molar-refractivity contribution in [2.24, 2.45) is 7.05 Å². The van der Waals surface area contributed by atoms with Crippen molar-refractivity contribution < 1.29 is 13.6 Å². The van der Waals surface area contributed by atoms with Gasteiger partial charge in [0.25, 0.3) is 5.89 Å². The first-order valence-corrected chi connectivity index (χ1v) is 10.3. The van der Waals surface area contributed by atoms with E-state index in [1.54, 1.807) is 47.4 Å². The van der Waals surface area contributed by atoms with Crippen LogP contribution in [0.2, 0.25) is 0 Å². The second-order valence-electron chi connectivity index (χ2n) is 7.85. The third kappa shape index (κ3) is 2.94. The van der Waals surface area contributed by atoms with Gasteiger partial charge >= 0.3 is 11.8 Å². The van der Waals surface area contributed by atoms with Crippen LogP contribution in [0.15, 0.2) is 41.2 Å². The van der Waals surface area contributed by atoms with E-state index in [1.165, 1.54) is 10.6 Å². The number of carbonyl (C=O) groups is 1. The van der Waals surface area contributed by atoms with Crippen molar-refractivity contribution in [3.05, 3.63) is 71.4 Å². The Balaban J connectivity index is 1.41. The number of fused-ring (bicyclic) bond motifs is 2. The van der Waals surface area contributed by atoms with Crippen LogP contribution in [0, 0.1) is 12.9 Å². The Morgan fingerprint density at radius 3 is 2.97 bits per heavy atom. The number of nitrogens with zero attached hydrogens (tertiary/aromatic N) is 8. The summed E-state index contributed by atoms with van der Waals surface area (Å²) in [4.78, 5) is 22.6. The van der Waals surface area contributed by atoms with E-state index in [0.29, 0.717) is 35.4 Å². The molecule has 5 aromatic heterocycles. The predicted molar refractivity (Wildman–Crippen MR) is 112 cm³/mol. The first kappa shape index (κ1) is 19.3. The molecule has 6 heterocycles. The molecular weight excluding hydrogens is 429 g/mol. The smallest absolute Gasteiger partial charge is 0.312 e. The van der Waals surface area contributed by atoms with Crippen LogP contribution in [0.1, 0.15) is 39.5 Å². The summed E-state index contributed by atoms with van der Waals surface area (Å²) in [6.45, 7) is 2.25. The molecule has 1 aliphatic heterocycles. The third-order valence-electron chi connectivity index (χ3n) is 6.00. The number of aryl methyl sites for hydroxylation is 1. The van der Waals surface area contributed by atoms with Gasteiger partial charge in [0.15, 0.2) is 0 Å². The third-order valence-corrected chi connectivity index (χ3v) is 6.00. The lowest BCUT2D eigenvalue weighted by atomic mass is 9.99. The van der Waals surface area contributed by atoms with E-state index in [4.69, 9.17) is 4.42 Å². The van der Waals surface area contributed by atoms with Crippen LogP contribution >= 0.6 is 0 Å². The molecular formula is C21H18FN9O2. The number of hydrogen-bond acceptors (Lipinski definition) is 7. The molecule has 1 aliphatic rings. The van der Waals surface area contributed by atoms with Crippen molar-refractivity contribution in [1.29, 1.82) is 0 Å². The fraction of sp³-hybridized carbons (Fsp3) is 0.238. The van der Waals surface area contributed by atoms with Gasteiger partial charge in [-0.2, -0.15) is 14.6 Å². The molecule has 0 radical (unpaired) electrons. The molecule has 12 heteroatoms. The zero-order chi connectivity index (χ0) is 22.7. The van der Waals surface area contributed by atoms with Crippen LogP contribution in [0.5, 0.6) is 0 Å². The maximum absolute atomic E-state index is 14.3. The maximum atomic E-state index is 14.3. The fourth-order valence-corrected chi connectivity index (χ4v) is 4.18. The monoisotopic (exact) mass is 447 g/mol. The summed E-state index contributed by atoms with van der Waals surface area (Å²) in [6.07, 6.45) is 3.77. The Kier molecular flexibility index (Phi) is 4.15. The molecule has 0 bridgehead atoms. The number of aromatic nitrogens is 8. The van der Waals surface area contributed by atoms with E-state index in [9.17, 15) is 9.18 Å². The van der Waals surface area contributed by atoms with E-state index < -0.39 is 17.9 Å². The summed E-state index contributed by atoms with van der Waals surface area (Å²) in [5.74, 6) is -0.880. The highest BCUT2D eigenvalue weighted by atomic mass is 19.1. The van der Waals surface area contributed by atoms with Crippen molar-refractivity contribution in [1.82, 2.24) is 44.5 Å². The molecule has 0 fully saturated rings. The van der Waals surface area contributed by atoms with Gasteiger partial charge in [-0.25, -0.2) is 9.50 Å². The molecule has 0 saturated heterocycles. The lowest BCUT2D eigenvalue weighted by Gasteiger charge is -2.32. The van der Waals surface area contributed by atoms with Gasteiger partial charge in [-0.3, -0.25) is 9.48 Å². The zero-order valence-corrected chi connectivity index (χ0v) is 17.7. The minimum atomic E-state index is -0.637. The summed E-state index contributed by atoms with van der Waals surface area (Å²) in [6, 6.07) is 5.80. The lowest BCUT2D eigenvalue weighted by molar-refractivity contribution is 0.0646.